The van der Waals surface area contributed by atoms with Gasteiger partial charge in [0.05, 0.1) is 0 Å². The highest BCUT2D eigenvalue weighted by molar-refractivity contribution is 6.31. The fraction of sp³-hybridized carbons (Fsp3) is 0.600. The molecule has 0 atom stereocenters. The van der Waals surface area contributed by atoms with Gasteiger partial charge in [0.2, 0.25) is 5.91 Å². The van der Waals surface area contributed by atoms with Crippen molar-refractivity contribution in [2.45, 2.75) is 52.2 Å². The zero-order valence-electron chi connectivity index (χ0n) is 16.1. The van der Waals surface area contributed by atoms with Crippen LogP contribution in [0.5, 0.6) is 0 Å². The normalized spacial score (nSPS) is 15.7. The molecule has 1 saturated heterocycles. The molecule has 1 aliphatic heterocycles. The minimum absolute atomic E-state index is 0.112. The third kappa shape index (κ3) is 6.20. The van der Waals surface area contributed by atoms with Crippen molar-refractivity contribution in [2.75, 3.05) is 20.1 Å². The monoisotopic (exact) mass is 380 g/mol. The number of benzene rings is 1. The number of amides is 2. The predicted molar refractivity (Wildman–Crippen MR) is 103 cm³/mol. The van der Waals surface area contributed by atoms with Crippen LogP contribution >= 0.6 is 11.6 Å². The maximum absolute atomic E-state index is 12.5. The number of nitrogens with zero attached hydrogens (tertiary/aromatic N) is 2. The molecule has 0 bridgehead atoms. The minimum Gasteiger partial charge on any atom is -0.444 e. The Labute approximate surface area is 161 Å². The SMILES string of the molecule is CN(Cc1ccccc1Cl)C(=O)CC1CCN(C(=O)OC(C)(C)C)CC1. The van der Waals surface area contributed by atoms with Gasteiger partial charge in [-0.3, -0.25) is 4.79 Å². The molecule has 1 aromatic rings. The molecule has 0 spiro atoms. The second-order valence-electron chi connectivity index (χ2n) is 7.96. The van der Waals surface area contributed by atoms with Gasteiger partial charge in [0.15, 0.2) is 0 Å². The number of piperidine rings is 1. The van der Waals surface area contributed by atoms with Gasteiger partial charge in [0.25, 0.3) is 0 Å². The summed E-state index contributed by atoms with van der Waals surface area (Å²) in [5.41, 5.74) is 0.468. The quantitative estimate of drug-likeness (QED) is 0.780. The number of rotatable bonds is 4. The third-order valence-corrected chi connectivity index (χ3v) is 4.89. The van der Waals surface area contributed by atoms with Crippen LogP contribution in [0.1, 0.15) is 45.6 Å². The highest BCUT2D eigenvalue weighted by Crippen LogP contribution is 2.24. The Balaban J connectivity index is 1.79. The molecule has 0 aliphatic carbocycles. The first-order chi connectivity index (χ1) is 12.2. The van der Waals surface area contributed by atoms with Crippen LogP contribution < -0.4 is 0 Å². The molecule has 144 valence electrons. The standard InChI is InChI=1S/C20H29ClN2O3/c1-20(2,3)26-19(25)23-11-9-15(10-12-23)13-18(24)22(4)14-16-7-5-6-8-17(16)21/h5-8,15H,9-14H2,1-4H3. The number of hydrogen-bond acceptors (Lipinski definition) is 3. The zero-order chi connectivity index (χ0) is 19.3. The Hall–Kier alpha value is -1.75. The van der Waals surface area contributed by atoms with Gasteiger partial charge in [-0.1, -0.05) is 29.8 Å². The smallest absolute Gasteiger partial charge is 0.410 e. The van der Waals surface area contributed by atoms with Crippen molar-refractivity contribution < 1.29 is 14.3 Å². The van der Waals surface area contributed by atoms with E-state index in [0.29, 0.717) is 37.0 Å². The largest absolute Gasteiger partial charge is 0.444 e. The molecule has 0 unspecified atom stereocenters. The summed E-state index contributed by atoms with van der Waals surface area (Å²) >= 11 is 6.17. The van der Waals surface area contributed by atoms with Gasteiger partial charge in [-0.05, 0) is 51.2 Å². The Morgan fingerprint density at radius 2 is 1.85 bits per heavy atom. The Morgan fingerprint density at radius 3 is 2.42 bits per heavy atom. The van der Waals surface area contributed by atoms with Crippen LogP contribution in [0, 0.1) is 5.92 Å². The summed E-state index contributed by atoms with van der Waals surface area (Å²) < 4.78 is 5.41. The number of likely N-dealkylation sites (tertiary alicyclic amines) is 1. The van der Waals surface area contributed by atoms with E-state index in [0.717, 1.165) is 18.4 Å². The van der Waals surface area contributed by atoms with E-state index in [2.05, 4.69) is 0 Å². The summed E-state index contributed by atoms with van der Waals surface area (Å²) in [6.07, 6.45) is 1.89. The van der Waals surface area contributed by atoms with Crippen molar-refractivity contribution in [3.8, 4) is 0 Å². The lowest BCUT2D eigenvalue weighted by molar-refractivity contribution is -0.131. The fourth-order valence-corrected chi connectivity index (χ4v) is 3.21. The van der Waals surface area contributed by atoms with Crippen LogP contribution in [0.2, 0.25) is 5.02 Å². The van der Waals surface area contributed by atoms with Crippen molar-refractivity contribution in [3.05, 3.63) is 34.9 Å². The van der Waals surface area contributed by atoms with Gasteiger partial charge in [-0.15, -0.1) is 0 Å². The summed E-state index contributed by atoms with van der Waals surface area (Å²) in [7, 11) is 1.81. The van der Waals surface area contributed by atoms with Crippen molar-refractivity contribution in [2.24, 2.45) is 5.92 Å². The van der Waals surface area contributed by atoms with Crippen LogP contribution in [0.15, 0.2) is 24.3 Å². The number of carbonyl (C=O) groups excluding carboxylic acids is 2. The van der Waals surface area contributed by atoms with E-state index in [1.165, 1.54) is 0 Å². The molecule has 2 rings (SSSR count). The molecule has 1 fully saturated rings. The first-order valence-electron chi connectivity index (χ1n) is 9.11. The first-order valence-corrected chi connectivity index (χ1v) is 9.49. The van der Waals surface area contributed by atoms with Crippen molar-refractivity contribution in [1.82, 2.24) is 9.80 Å². The van der Waals surface area contributed by atoms with E-state index in [1.54, 1.807) is 9.80 Å². The van der Waals surface area contributed by atoms with Crippen LogP contribution in [-0.2, 0) is 16.1 Å². The summed E-state index contributed by atoms with van der Waals surface area (Å²) in [4.78, 5) is 28.1. The Morgan fingerprint density at radius 1 is 1.23 bits per heavy atom. The molecule has 2 amide bonds. The van der Waals surface area contributed by atoms with Crippen LogP contribution in [-0.4, -0.2) is 47.5 Å². The average molecular weight is 381 g/mol. The third-order valence-electron chi connectivity index (χ3n) is 4.52. The highest BCUT2D eigenvalue weighted by atomic mass is 35.5. The molecule has 0 saturated carbocycles. The molecule has 5 nitrogen and oxygen atoms in total. The summed E-state index contributed by atoms with van der Waals surface area (Å²) in [6, 6.07) is 7.57. The second-order valence-corrected chi connectivity index (χ2v) is 8.36. The van der Waals surface area contributed by atoms with Crippen LogP contribution in [0.3, 0.4) is 0 Å². The summed E-state index contributed by atoms with van der Waals surface area (Å²) in [5, 5.41) is 0.679. The first kappa shape index (κ1) is 20.6. The number of hydrogen-bond donors (Lipinski definition) is 0. The van der Waals surface area contributed by atoms with E-state index in [-0.39, 0.29) is 12.0 Å². The predicted octanol–water partition coefficient (Wildman–Crippen LogP) is 4.34. The van der Waals surface area contributed by atoms with Gasteiger partial charge < -0.3 is 14.5 Å². The molecule has 1 aromatic carbocycles. The Bertz CT molecular complexity index is 634. The molecule has 1 heterocycles. The molecule has 0 N–H and O–H groups in total. The average Bonchev–Trinajstić information content (AvgIpc) is 2.56. The van der Waals surface area contributed by atoms with Crippen molar-refractivity contribution in [3.63, 3.8) is 0 Å². The zero-order valence-corrected chi connectivity index (χ0v) is 16.9. The summed E-state index contributed by atoms with van der Waals surface area (Å²) in [6.45, 7) is 7.39. The molecule has 6 heteroatoms. The minimum atomic E-state index is -0.481. The molecule has 0 radical (unpaired) electrons. The van der Waals surface area contributed by atoms with Gasteiger partial charge in [0.1, 0.15) is 5.60 Å². The highest BCUT2D eigenvalue weighted by Gasteiger charge is 2.28. The van der Waals surface area contributed by atoms with Gasteiger partial charge >= 0.3 is 6.09 Å². The van der Waals surface area contributed by atoms with E-state index in [1.807, 2.05) is 52.1 Å². The molecular weight excluding hydrogens is 352 g/mol. The summed E-state index contributed by atoms with van der Waals surface area (Å²) in [5.74, 6) is 0.413. The second kappa shape index (κ2) is 8.76. The number of carbonyl (C=O) groups is 2. The van der Waals surface area contributed by atoms with Crippen LogP contribution in [0.4, 0.5) is 4.79 Å². The lowest BCUT2D eigenvalue weighted by Crippen LogP contribution is -2.42. The van der Waals surface area contributed by atoms with Gasteiger partial charge in [0, 0.05) is 38.1 Å². The van der Waals surface area contributed by atoms with Gasteiger partial charge in [-0.25, -0.2) is 4.79 Å². The molecular formula is C20H29ClN2O3. The topological polar surface area (TPSA) is 49.9 Å². The van der Waals surface area contributed by atoms with E-state index in [4.69, 9.17) is 16.3 Å². The molecule has 1 aliphatic rings. The van der Waals surface area contributed by atoms with Crippen molar-refractivity contribution in [1.29, 1.82) is 0 Å². The lowest BCUT2D eigenvalue weighted by Gasteiger charge is -2.33. The maximum atomic E-state index is 12.5. The Kier molecular flexibility index (Phi) is 6.93. The van der Waals surface area contributed by atoms with E-state index >= 15 is 0 Å². The molecule has 0 aromatic heterocycles. The van der Waals surface area contributed by atoms with Gasteiger partial charge in [-0.2, -0.15) is 0 Å². The maximum Gasteiger partial charge on any atom is 0.410 e. The number of halogens is 1. The molecule has 26 heavy (non-hydrogen) atoms. The van der Waals surface area contributed by atoms with Crippen molar-refractivity contribution >= 4 is 23.6 Å². The van der Waals surface area contributed by atoms with E-state index in [9.17, 15) is 9.59 Å². The van der Waals surface area contributed by atoms with Crippen LogP contribution in [0.25, 0.3) is 0 Å². The van der Waals surface area contributed by atoms with E-state index < -0.39 is 5.60 Å². The fourth-order valence-electron chi connectivity index (χ4n) is 3.02. The number of ether oxygens (including phenoxy) is 1. The lowest BCUT2D eigenvalue weighted by atomic mass is 9.93.